The average molecular weight is 346 g/mol. The summed E-state index contributed by atoms with van der Waals surface area (Å²) in [6.07, 6.45) is 0. The summed E-state index contributed by atoms with van der Waals surface area (Å²) in [6, 6.07) is 7.78. The van der Waals surface area contributed by atoms with Crippen molar-refractivity contribution in [1.82, 2.24) is 0 Å². The van der Waals surface area contributed by atoms with Crippen LogP contribution in [0.15, 0.2) is 41.3 Å². The molecule has 22 heavy (non-hydrogen) atoms. The molecular weight excluding hydrogens is 333 g/mol. The molecule has 0 bridgehead atoms. The van der Waals surface area contributed by atoms with E-state index in [1.807, 2.05) is 0 Å². The lowest BCUT2D eigenvalue weighted by atomic mass is 10.3. The van der Waals surface area contributed by atoms with Gasteiger partial charge in [-0.1, -0.05) is 11.6 Å². The minimum atomic E-state index is -3.94. The summed E-state index contributed by atoms with van der Waals surface area (Å²) in [5, 5.41) is 0.253. The van der Waals surface area contributed by atoms with Crippen LogP contribution in [0.5, 0.6) is 11.5 Å². The second kappa shape index (κ2) is 6.41. The Kier molecular flexibility index (Phi) is 4.77. The SMILES string of the molecule is COc1ccc(S(=O)(=O)Nc2ccc(OC)c(Cl)c2)cc1F. The van der Waals surface area contributed by atoms with Gasteiger partial charge in [0.05, 0.1) is 29.8 Å². The second-order valence-corrected chi connectivity index (χ2v) is 6.34. The van der Waals surface area contributed by atoms with Crippen molar-refractivity contribution in [2.75, 3.05) is 18.9 Å². The Morgan fingerprint density at radius 2 is 1.68 bits per heavy atom. The van der Waals surface area contributed by atoms with Crippen LogP contribution in [0.1, 0.15) is 0 Å². The summed E-state index contributed by atoms with van der Waals surface area (Å²) >= 11 is 5.93. The smallest absolute Gasteiger partial charge is 0.262 e. The van der Waals surface area contributed by atoms with Crippen molar-refractivity contribution in [2.45, 2.75) is 4.90 Å². The maximum Gasteiger partial charge on any atom is 0.262 e. The Morgan fingerprint density at radius 1 is 1.05 bits per heavy atom. The first kappa shape index (κ1) is 16.4. The first-order valence-corrected chi connectivity index (χ1v) is 7.93. The number of rotatable bonds is 5. The molecule has 5 nitrogen and oxygen atoms in total. The number of hydrogen-bond donors (Lipinski definition) is 1. The molecule has 2 aromatic rings. The highest BCUT2D eigenvalue weighted by Gasteiger charge is 2.17. The quantitative estimate of drug-likeness (QED) is 0.903. The van der Waals surface area contributed by atoms with Crippen LogP contribution >= 0.6 is 11.6 Å². The number of hydrogen-bond acceptors (Lipinski definition) is 4. The van der Waals surface area contributed by atoms with E-state index < -0.39 is 15.8 Å². The largest absolute Gasteiger partial charge is 0.495 e. The van der Waals surface area contributed by atoms with Gasteiger partial charge in [0.1, 0.15) is 5.75 Å². The van der Waals surface area contributed by atoms with Gasteiger partial charge in [-0.25, -0.2) is 12.8 Å². The van der Waals surface area contributed by atoms with Crippen LogP contribution in [0.4, 0.5) is 10.1 Å². The summed E-state index contributed by atoms with van der Waals surface area (Å²) in [7, 11) is -1.20. The van der Waals surface area contributed by atoms with Gasteiger partial charge < -0.3 is 9.47 Å². The Bertz CT molecular complexity index is 795. The number of methoxy groups -OCH3 is 2. The molecule has 0 aliphatic carbocycles. The van der Waals surface area contributed by atoms with Crippen LogP contribution in [0.2, 0.25) is 5.02 Å². The van der Waals surface area contributed by atoms with E-state index in [1.54, 1.807) is 0 Å². The van der Waals surface area contributed by atoms with E-state index in [-0.39, 0.29) is 21.4 Å². The molecule has 0 spiro atoms. The van der Waals surface area contributed by atoms with Crippen molar-refractivity contribution in [3.05, 3.63) is 47.2 Å². The molecule has 1 N–H and O–H groups in total. The number of sulfonamides is 1. The van der Waals surface area contributed by atoms with Gasteiger partial charge in [0.2, 0.25) is 0 Å². The molecule has 0 fully saturated rings. The monoisotopic (exact) mass is 345 g/mol. The fraction of sp³-hybridized carbons (Fsp3) is 0.143. The van der Waals surface area contributed by atoms with Gasteiger partial charge >= 0.3 is 0 Å². The second-order valence-electron chi connectivity index (χ2n) is 4.25. The van der Waals surface area contributed by atoms with Gasteiger partial charge in [-0.15, -0.1) is 0 Å². The third-order valence-electron chi connectivity index (χ3n) is 2.84. The third kappa shape index (κ3) is 3.42. The van der Waals surface area contributed by atoms with Crippen LogP contribution in [0.25, 0.3) is 0 Å². The van der Waals surface area contributed by atoms with Crippen molar-refractivity contribution < 1.29 is 22.3 Å². The zero-order chi connectivity index (χ0) is 16.3. The van der Waals surface area contributed by atoms with E-state index in [0.717, 1.165) is 6.07 Å². The van der Waals surface area contributed by atoms with Crippen molar-refractivity contribution in [3.8, 4) is 11.5 Å². The molecule has 2 aromatic carbocycles. The van der Waals surface area contributed by atoms with Crippen LogP contribution in [-0.2, 0) is 10.0 Å². The number of nitrogens with one attached hydrogen (secondary N) is 1. The van der Waals surface area contributed by atoms with E-state index in [2.05, 4.69) is 4.72 Å². The van der Waals surface area contributed by atoms with Crippen molar-refractivity contribution in [3.63, 3.8) is 0 Å². The maximum absolute atomic E-state index is 13.6. The number of anilines is 1. The number of benzene rings is 2. The van der Waals surface area contributed by atoms with Gasteiger partial charge in [0.15, 0.2) is 11.6 Å². The summed E-state index contributed by atoms with van der Waals surface area (Å²) in [5.41, 5.74) is 0.238. The zero-order valence-electron chi connectivity index (χ0n) is 11.8. The maximum atomic E-state index is 13.6. The molecular formula is C14H13ClFNO4S. The molecule has 0 aromatic heterocycles. The van der Waals surface area contributed by atoms with E-state index in [1.165, 1.54) is 44.6 Å². The summed E-state index contributed by atoms with van der Waals surface area (Å²) in [6.45, 7) is 0. The topological polar surface area (TPSA) is 64.6 Å². The van der Waals surface area contributed by atoms with Crippen LogP contribution in [-0.4, -0.2) is 22.6 Å². The average Bonchev–Trinajstić information content (AvgIpc) is 2.47. The Morgan fingerprint density at radius 3 is 2.23 bits per heavy atom. The van der Waals surface area contributed by atoms with Gasteiger partial charge in [0, 0.05) is 0 Å². The van der Waals surface area contributed by atoms with Gasteiger partial charge in [0.25, 0.3) is 10.0 Å². The minimum absolute atomic E-state index is 0.0357. The summed E-state index contributed by atoms with van der Waals surface area (Å²) < 4.78 is 50.1. The Hall–Kier alpha value is -1.99. The lowest BCUT2D eigenvalue weighted by Crippen LogP contribution is -2.13. The third-order valence-corrected chi connectivity index (χ3v) is 4.51. The first-order chi connectivity index (χ1) is 10.4. The van der Waals surface area contributed by atoms with Gasteiger partial charge in [-0.3, -0.25) is 4.72 Å². The van der Waals surface area contributed by atoms with E-state index in [4.69, 9.17) is 21.1 Å². The van der Waals surface area contributed by atoms with Crippen LogP contribution in [0.3, 0.4) is 0 Å². The molecule has 0 aliphatic heterocycles. The number of ether oxygens (including phenoxy) is 2. The summed E-state index contributed by atoms with van der Waals surface area (Å²) in [4.78, 5) is -0.224. The minimum Gasteiger partial charge on any atom is -0.495 e. The van der Waals surface area contributed by atoms with Crippen LogP contribution < -0.4 is 14.2 Å². The van der Waals surface area contributed by atoms with Crippen molar-refractivity contribution in [2.24, 2.45) is 0 Å². The molecule has 0 heterocycles. The zero-order valence-corrected chi connectivity index (χ0v) is 13.3. The van der Waals surface area contributed by atoms with Crippen molar-refractivity contribution >= 4 is 27.3 Å². The Labute approximate surface area is 132 Å². The molecule has 0 radical (unpaired) electrons. The standard InChI is InChI=1S/C14H13ClFNO4S/c1-20-13-5-3-9(7-11(13)15)17-22(18,19)10-4-6-14(21-2)12(16)8-10/h3-8,17H,1-2H3. The molecule has 8 heteroatoms. The molecule has 0 unspecified atom stereocenters. The lowest BCUT2D eigenvalue weighted by Gasteiger charge is -2.11. The molecule has 0 amide bonds. The highest BCUT2D eigenvalue weighted by molar-refractivity contribution is 7.92. The number of halogens is 2. The lowest BCUT2D eigenvalue weighted by molar-refractivity contribution is 0.385. The molecule has 0 atom stereocenters. The fourth-order valence-corrected chi connectivity index (χ4v) is 3.08. The molecule has 0 saturated heterocycles. The van der Waals surface area contributed by atoms with Gasteiger partial charge in [-0.2, -0.15) is 0 Å². The predicted octanol–water partition coefficient (Wildman–Crippen LogP) is 3.30. The van der Waals surface area contributed by atoms with Crippen LogP contribution in [0, 0.1) is 5.82 Å². The van der Waals surface area contributed by atoms with E-state index >= 15 is 0 Å². The van der Waals surface area contributed by atoms with E-state index in [0.29, 0.717) is 5.75 Å². The highest BCUT2D eigenvalue weighted by atomic mass is 35.5. The Balaban J connectivity index is 2.31. The van der Waals surface area contributed by atoms with Crippen molar-refractivity contribution in [1.29, 1.82) is 0 Å². The molecule has 118 valence electrons. The van der Waals surface area contributed by atoms with Gasteiger partial charge in [-0.05, 0) is 36.4 Å². The first-order valence-electron chi connectivity index (χ1n) is 6.07. The molecule has 0 saturated carbocycles. The van der Waals surface area contributed by atoms with E-state index in [9.17, 15) is 12.8 Å². The molecule has 2 rings (SSSR count). The highest BCUT2D eigenvalue weighted by Crippen LogP contribution is 2.29. The normalized spacial score (nSPS) is 11.1. The predicted molar refractivity (Wildman–Crippen MR) is 81.8 cm³/mol. The molecule has 0 aliphatic rings. The fourth-order valence-electron chi connectivity index (χ4n) is 1.76. The summed E-state index contributed by atoms with van der Waals surface area (Å²) in [5.74, 6) is -0.385.